The predicted molar refractivity (Wildman–Crippen MR) is 80.8 cm³/mol. The van der Waals surface area contributed by atoms with Crippen LogP contribution in [0, 0.1) is 12.7 Å². The molecule has 21 heavy (non-hydrogen) atoms. The Labute approximate surface area is 122 Å². The largest absolute Gasteiger partial charge is 0.435 e. The third-order valence-electron chi connectivity index (χ3n) is 3.42. The number of halogens is 1. The van der Waals surface area contributed by atoms with E-state index in [9.17, 15) is 4.39 Å². The second-order valence-corrected chi connectivity index (χ2v) is 4.83. The van der Waals surface area contributed by atoms with Crippen molar-refractivity contribution in [2.45, 2.75) is 13.5 Å². The van der Waals surface area contributed by atoms with Crippen LogP contribution >= 0.6 is 0 Å². The molecule has 0 fully saturated rings. The molecule has 2 N–H and O–H groups in total. The summed E-state index contributed by atoms with van der Waals surface area (Å²) in [5, 5.41) is 1.79. The average molecular weight is 282 g/mol. The van der Waals surface area contributed by atoms with Crippen LogP contribution in [0.15, 0.2) is 48.7 Å². The normalized spacial score (nSPS) is 10.8. The van der Waals surface area contributed by atoms with Crippen LogP contribution in [0.4, 0.5) is 4.39 Å². The molecule has 1 heterocycles. The zero-order chi connectivity index (χ0) is 14.8. The van der Waals surface area contributed by atoms with E-state index in [-0.39, 0.29) is 11.6 Å². The monoisotopic (exact) mass is 282 g/mol. The molecule has 106 valence electrons. The minimum absolute atomic E-state index is 0.174. The molecule has 0 aliphatic carbocycles. The van der Waals surface area contributed by atoms with Crippen molar-refractivity contribution >= 4 is 10.8 Å². The highest BCUT2D eigenvalue weighted by molar-refractivity contribution is 5.89. The molecule has 2 aromatic carbocycles. The fourth-order valence-electron chi connectivity index (χ4n) is 2.27. The number of fused-ring (bicyclic) bond motifs is 1. The quantitative estimate of drug-likeness (QED) is 0.791. The van der Waals surface area contributed by atoms with Gasteiger partial charge in [0, 0.05) is 18.1 Å². The number of aryl methyl sites for hydroxylation is 1. The molecule has 0 unspecified atom stereocenters. The number of hydrogen-bond acceptors (Lipinski definition) is 3. The van der Waals surface area contributed by atoms with Crippen molar-refractivity contribution in [3.63, 3.8) is 0 Å². The molecular formula is C17H15FN2O. The van der Waals surface area contributed by atoms with Crippen LogP contribution in [0.3, 0.4) is 0 Å². The van der Waals surface area contributed by atoms with Crippen LogP contribution < -0.4 is 10.5 Å². The van der Waals surface area contributed by atoms with E-state index < -0.39 is 0 Å². The van der Waals surface area contributed by atoms with E-state index >= 15 is 0 Å². The molecule has 1 aromatic heterocycles. The smallest absolute Gasteiger partial charge is 0.227 e. The molecule has 0 saturated carbocycles. The first-order chi connectivity index (χ1) is 10.2. The van der Waals surface area contributed by atoms with Crippen LogP contribution in [0.25, 0.3) is 10.8 Å². The van der Waals surface area contributed by atoms with Crippen molar-refractivity contribution in [3.8, 4) is 11.6 Å². The summed E-state index contributed by atoms with van der Waals surface area (Å²) >= 11 is 0. The number of ether oxygens (including phenoxy) is 1. The molecule has 0 spiro atoms. The van der Waals surface area contributed by atoms with Crippen molar-refractivity contribution in [1.82, 2.24) is 4.98 Å². The van der Waals surface area contributed by atoms with Gasteiger partial charge in [-0.05, 0) is 35.6 Å². The lowest BCUT2D eigenvalue weighted by atomic mass is 10.1. The standard InChI is InChI=1S/C17H15FN2O/c1-11-5-4-8-15(16(11)18)21-17-14-7-3-2-6-13(14)12(9-19)10-20-17/h2-8,10H,9,19H2,1H3. The molecule has 0 atom stereocenters. The molecule has 3 rings (SSSR count). The van der Waals surface area contributed by atoms with Crippen molar-refractivity contribution in [2.75, 3.05) is 0 Å². The van der Waals surface area contributed by atoms with Gasteiger partial charge in [0.1, 0.15) is 0 Å². The number of hydrogen-bond donors (Lipinski definition) is 1. The highest BCUT2D eigenvalue weighted by Crippen LogP contribution is 2.31. The number of pyridine rings is 1. The van der Waals surface area contributed by atoms with Crippen molar-refractivity contribution in [1.29, 1.82) is 0 Å². The summed E-state index contributed by atoms with van der Waals surface area (Å²) in [5.41, 5.74) is 7.19. The van der Waals surface area contributed by atoms with Gasteiger partial charge in [-0.1, -0.05) is 30.3 Å². The van der Waals surface area contributed by atoms with E-state index in [1.807, 2.05) is 24.3 Å². The summed E-state index contributed by atoms with van der Waals surface area (Å²) < 4.78 is 19.7. The van der Waals surface area contributed by atoms with Gasteiger partial charge < -0.3 is 10.5 Å². The van der Waals surface area contributed by atoms with E-state index in [0.717, 1.165) is 16.3 Å². The van der Waals surface area contributed by atoms with Crippen LogP contribution in [0.2, 0.25) is 0 Å². The Morgan fingerprint density at radius 3 is 2.62 bits per heavy atom. The molecule has 3 nitrogen and oxygen atoms in total. The van der Waals surface area contributed by atoms with Gasteiger partial charge in [-0.2, -0.15) is 0 Å². The Balaban J connectivity index is 2.11. The summed E-state index contributed by atoms with van der Waals surface area (Å²) in [4.78, 5) is 4.27. The first-order valence-corrected chi connectivity index (χ1v) is 6.70. The molecule has 0 aliphatic heterocycles. The Morgan fingerprint density at radius 1 is 1.10 bits per heavy atom. The van der Waals surface area contributed by atoms with Gasteiger partial charge >= 0.3 is 0 Å². The molecule has 0 radical (unpaired) electrons. The summed E-state index contributed by atoms with van der Waals surface area (Å²) in [6.45, 7) is 2.10. The van der Waals surface area contributed by atoms with E-state index in [2.05, 4.69) is 4.98 Å². The minimum Gasteiger partial charge on any atom is -0.435 e. The Morgan fingerprint density at radius 2 is 1.86 bits per heavy atom. The lowest BCUT2D eigenvalue weighted by Crippen LogP contribution is -2.00. The Bertz CT molecular complexity index is 802. The van der Waals surface area contributed by atoms with Crippen LogP contribution in [-0.2, 0) is 6.54 Å². The molecule has 4 heteroatoms. The lowest BCUT2D eigenvalue weighted by molar-refractivity contribution is 0.430. The van der Waals surface area contributed by atoms with Gasteiger partial charge in [-0.3, -0.25) is 0 Å². The SMILES string of the molecule is Cc1cccc(Oc2ncc(CN)c3ccccc23)c1F. The third kappa shape index (κ3) is 2.45. The topological polar surface area (TPSA) is 48.1 Å². The van der Waals surface area contributed by atoms with Gasteiger partial charge in [0.05, 0.1) is 0 Å². The minimum atomic E-state index is -0.369. The first kappa shape index (κ1) is 13.5. The number of benzene rings is 2. The number of aromatic nitrogens is 1. The summed E-state index contributed by atoms with van der Waals surface area (Å²) in [5.74, 6) is 0.187. The van der Waals surface area contributed by atoms with Crippen LogP contribution in [0.5, 0.6) is 11.6 Å². The van der Waals surface area contributed by atoms with Crippen molar-refractivity contribution < 1.29 is 9.13 Å². The summed E-state index contributed by atoms with van der Waals surface area (Å²) in [6, 6.07) is 12.7. The lowest BCUT2D eigenvalue weighted by Gasteiger charge is -2.11. The van der Waals surface area contributed by atoms with E-state index in [0.29, 0.717) is 18.0 Å². The molecule has 0 saturated heterocycles. The maximum Gasteiger partial charge on any atom is 0.227 e. The third-order valence-corrected chi connectivity index (χ3v) is 3.42. The number of rotatable bonds is 3. The Kier molecular flexibility index (Phi) is 3.54. The average Bonchev–Trinajstić information content (AvgIpc) is 2.52. The van der Waals surface area contributed by atoms with Crippen LogP contribution in [0.1, 0.15) is 11.1 Å². The second-order valence-electron chi connectivity index (χ2n) is 4.83. The fourth-order valence-corrected chi connectivity index (χ4v) is 2.27. The van der Waals surface area contributed by atoms with E-state index in [4.69, 9.17) is 10.5 Å². The van der Waals surface area contributed by atoms with Crippen molar-refractivity contribution in [3.05, 3.63) is 65.6 Å². The van der Waals surface area contributed by atoms with Crippen molar-refractivity contribution in [2.24, 2.45) is 5.73 Å². The van der Waals surface area contributed by atoms with E-state index in [1.54, 1.807) is 31.3 Å². The number of nitrogens with two attached hydrogens (primary N) is 1. The van der Waals surface area contributed by atoms with Gasteiger partial charge in [-0.15, -0.1) is 0 Å². The first-order valence-electron chi connectivity index (χ1n) is 6.70. The van der Waals surface area contributed by atoms with Crippen LogP contribution in [-0.4, -0.2) is 4.98 Å². The maximum atomic E-state index is 14.1. The predicted octanol–water partition coefficient (Wildman–Crippen LogP) is 3.93. The summed E-state index contributed by atoms with van der Waals surface area (Å²) in [6.07, 6.45) is 1.67. The zero-order valence-corrected chi connectivity index (χ0v) is 11.6. The maximum absolute atomic E-state index is 14.1. The van der Waals surface area contributed by atoms with E-state index in [1.165, 1.54) is 0 Å². The van der Waals surface area contributed by atoms with Gasteiger partial charge in [0.2, 0.25) is 5.88 Å². The highest BCUT2D eigenvalue weighted by Gasteiger charge is 2.11. The molecule has 3 aromatic rings. The fraction of sp³-hybridized carbons (Fsp3) is 0.118. The molecule has 0 bridgehead atoms. The summed E-state index contributed by atoms with van der Waals surface area (Å²) in [7, 11) is 0. The number of nitrogens with zero attached hydrogens (tertiary/aromatic N) is 1. The molecule has 0 aliphatic rings. The Hall–Kier alpha value is -2.46. The second kappa shape index (κ2) is 5.50. The molecule has 0 amide bonds. The van der Waals surface area contributed by atoms with Gasteiger partial charge in [0.25, 0.3) is 0 Å². The zero-order valence-electron chi connectivity index (χ0n) is 11.6. The van der Waals surface area contributed by atoms with Gasteiger partial charge in [0.15, 0.2) is 11.6 Å². The van der Waals surface area contributed by atoms with Gasteiger partial charge in [-0.25, -0.2) is 9.37 Å². The highest BCUT2D eigenvalue weighted by atomic mass is 19.1. The molecular weight excluding hydrogens is 267 g/mol.